The zero-order chi connectivity index (χ0) is 17.2. The molecule has 0 aliphatic carbocycles. The SMILES string of the molecule is CC(C)(C)OC(=O)N1CCC2(CC1)CC(Oc1ccccn1)CO2. The molecule has 6 heteroatoms. The molecule has 1 spiro atoms. The Morgan fingerprint density at radius 1 is 1.33 bits per heavy atom. The van der Waals surface area contributed by atoms with Crippen LogP contribution >= 0.6 is 0 Å². The monoisotopic (exact) mass is 334 g/mol. The number of carbonyl (C=O) groups excluding carboxylic acids is 1. The van der Waals surface area contributed by atoms with Crippen LogP contribution in [0, 0.1) is 0 Å². The minimum Gasteiger partial charge on any atom is -0.472 e. The smallest absolute Gasteiger partial charge is 0.410 e. The third-order valence-corrected chi connectivity index (χ3v) is 4.43. The average molecular weight is 334 g/mol. The van der Waals surface area contributed by atoms with Crippen LogP contribution in [0.15, 0.2) is 24.4 Å². The predicted octanol–water partition coefficient (Wildman–Crippen LogP) is 3.02. The van der Waals surface area contributed by atoms with E-state index >= 15 is 0 Å². The van der Waals surface area contributed by atoms with E-state index in [9.17, 15) is 4.79 Å². The fraction of sp³-hybridized carbons (Fsp3) is 0.667. The summed E-state index contributed by atoms with van der Waals surface area (Å²) in [5.74, 6) is 0.634. The van der Waals surface area contributed by atoms with Crippen molar-refractivity contribution >= 4 is 6.09 Å². The zero-order valence-corrected chi connectivity index (χ0v) is 14.7. The summed E-state index contributed by atoms with van der Waals surface area (Å²) in [6, 6.07) is 5.63. The Balaban J connectivity index is 1.50. The highest BCUT2D eigenvalue weighted by atomic mass is 16.6. The number of hydrogen-bond acceptors (Lipinski definition) is 5. The Morgan fingerprint density at radius 2 is 2.08 bits per heavy atom. The van der Waals surface area contributed by atoms with Gasteiger partial charge in [0.1, 0.15) is 11.7 Å². The summed E-state index contributed by atoms with van der Waals surface area (Å²) in [7, 11) is 0. The van der Waals surface area contributed by atoms with Gasteiger partial charge < -0.3 is 19.1 Å². The fourth-order valence-corrected chi connectivity index (χ4v) is 3.24. The number of piperidine rings is 1. The second kappa shape index (κ2) is 6.59. The van der Waals surface area contributed by atoms with Gasteiger partial charge in [-0.15, -0.1) is 0 Å². The molecule has 3 heterocycles. The summed E-state index contributed by atoms with van der Waals surface area (Å²) in [5, 5.41) is 0. The standard InChI is InChI=1S/C18H26N2O4/c1-17(2,3)24-16(21)20-10-7-18(8-11-20)12-14(13-22-18)23-15-6-4-5-9-19-15/h4-6,9,14H,7-8,10-13H2,1-3H3. The van der Waals surface area contributed by atoms with Crippen molar-refractivity contribution in [1.82, 2.24) is 9.88 Å². The van der Waals surface area contributed by atoms with E-state index in [4.69, 9.17) is 14.2 Å². The minimum absolute atomic E-state index is 0.0213. The molecule has 0 bridgehead atoms. The number of carbonyl (C=O) groups is 1. The van der Waals surface area contributed by atoms with Gasteiger partial charge in [-0.3, -0.25) is 0 Å². The van der Waals surface area contributed by atoms with E-state index in [1.165, 1.54) is 0 Å². The van der Waals surface area contributed by atoms with Gasteiger partial charge in [-0.25, -0.2) is 9.78 Å². The first-order valence-corrected chi connectivity index (χ1v) is 8.55. The summed E-state index contributed by atoms with van der Waals surface area (Å²) < 4.78 is 17.4. The van der Waals surface area contributed by atoms with E-state index < -0.39 is 5.60 Å². The molecule has 2 aliphatic heterocycles. The molecule has 0 saturated carbocycles. The number of aromatic nitrogens is 1. The topological polar surface area (TPSA) is 60.9 Å². The maximum Gasteiger partial charge on any atom is 0.410 e. The third-order valence-electron chi connectivity index (χ3n) is 4.43. The van der Waals surface area contributed by atoms with Crippen LogP contribution in [0.2, 0.25) is 0 Å². The van der Waals surface area contributed by atoms with Crippen LogP contribution in [0.5, 0.6) is 5.88 Å². The number of likely N-dealkylation sites (tertiary alicyclic amines) is 1. The lowest BCUT2D eigenvalue weighted by molar-refractivity contribution is -0.0490. The molecule has 1 aromatic heterocycles. The molecular weight excluding hydrogens is 308 g/mol. The molecule has 2 saturated heterocycles. The van der Waals surface area contributed by atoms with Crippen molar-refractivity contribution in [2.75, 3.05) is 19.7 Å². The van der Waals surface area contributed by atoms with E-state index in [0.717, 1.165) is 19.3 Å². The molecule has 1 unspecified atom stereocenters. The van der Waals surface area contributed by atoms with E-state index in [0.29, 0.717) is 25.6 Å². The van der Waals surface area contributed by atoms with Gasteiger partial charge in [0.15, 0.2) is 0 Å². The van der Waals surface area contributed by atoms with Crippen LogP contribution in [-0.2, 0) is 9.47 Å². The van der Waals surface area contributed by atoms with Gasteiger partial charge in [-0.2, -0.15) is 0 Å². The van der Waals surface area contributed by atoms with E-state index in [1.807, 2.05) is 39.0 Å². The van der Waals surface area contributed by atoms with Crippen molar-refractivity contribution in [3.63, 3.8) is 0 Å². The van der Waals surface area contributed by atoms with Crippen molar-refractivity contribution in [3.05, 3.63) is 24.4 Å². The van der Waals surface area contributed by atoms with Crippen molar-refractivity contribution in [2.45, 2.75) is 57.3 Å². The average Bonchev–Trinajstić information content (AvgIpc) is 2.90. The van der Waals surface area contributed by atoms with Crippen molar-refractivity contribution < 1.29 is 19.0 Å². The number of ether oxygens (including phenoxy) is 3. The molecule has 0 aromatic carbocycles. The number of rotatable bonds is 2. The highest BCUT2D eigenvalue weighted by molar-refractivity contribution is 5.68. The molecule has 3 rings (SSSR count). The van der Waals surface area contributed by atoms with E-state index in [2.05, 4.69) is 4.98 Å². The summed E-state index contributed by atoms with van der Waals surface area (Å²) in [6.45, 7) is 7.54. The lowest BCUT2D eigenvalue weighted by Gasteiger charge is -2.38. The molecule has 0 N–H and O–H groups in total. The molecule has 6 nitrogen and oxygen atoms in total. The molecule has 2 aliphatic rings. The van der Waals surface area contributed by atoms with E-state index in [-0.39, 0.29) is 17.8 Å². The maximum atomic E-state index is 12.2. The van der Waals surface area contributed by atoms with E-state index in [1.54, 1.807) is 11.1 Å². The normalized spacial score (nSPS) is 23.3. The highest BCUT2D eigenvalue weighted by Crippen LogP contribution is 2.37. The molecule has 1 atom stereocenters. The fourth-order valence-electron chi connectivity index (χ4n) is 3.24. The molecule has 24 heavy (non-hydrogen) atoms. The third kappa shape index (κ3) is 4.17. The molecule has 2 fully saturated rings. The minimum atomic E-state index is -0.461. The van der Waals surface area contributed by atoms with Crippen molar-refractivity contribution in [3.8, 4) is 5.88 Å². The maximum absolute atomic E-state index is 12.2. The Labute approximate surface area is 143 Å². The summed E-state index contributed by atoms with van der Waals surface area (Å²) >= 11 is 0. The van der Waals surface area contributed by atoms with Gasteiger partial charge >= 0.3 is 6.09 Å². The number of nitrogens with zero attached hydrogens (tertiary/aromatic N) is 2. The van der Waals surface area contributed by atoms with Crippen LogP contribution < -0.4 is 4.74 Å². The van der Waals surface area contributed by atoms with Crippen molar-refractivity contribution in [2.24, 2.45) is 0 Å². The van der Waals surface area contributed by atoms with Crippen LogP contribution in [0.3, 0.4) is 0 Å². The first-order valence-electron chi connectivity index (χ1n) is 8.55. The van der Waals surface area contributed by atoms with Crippen LogP contribution in [0.1, 0.15) is 40.0 Å². The Bertz CT molecular complexity index is 562. The van der Waals surface area contributed by atoms with Gasteiger partial charge in [-0.05, 0) is 39.7 Å². The zero-order valence-electron chi connectivity index (χ0n) is 14.7. The second-order valence-electron chi connectivity index (χ2n) is 7.57. The number of hydrogen-bond donors (Lipinski definition) is 0. The lowest BCUT2D eigenvalue weighted by Crippen LogP contribution is -2.48. The van der Waals surface area contributed by atoms with Gasteiger partial charge in [-0.1, -0.05) is 6.07 Å². The first-order chi connectivity index (χ1) is 11.4. The summed E-state index contributed by atoms with van der Waals surface area (Å²) in [6.07, 6.45) is 3.97. The molecule has 1 aromatic rings. The molecule has 0 radical (unpaired) electrons. The number of pyridine rings is 1. The predicted molar refractivity (Wildman–Crippen MR) is 89.0 cm³/mol. The summed E-state index contributed by atoms with van der Waals surface area (Å²) in [4.78, 5) is 18.1. The Kier molecular flexibility index (Phi) is 4.67. The van der Waals surface area contributed by atoms with Crippen LogP contribution in [0.25, 0.3) is 0 Å². The lowest BCUT2D eigenvalue weighted by atomic mass is 9.88. The van der Waals surface area contributed by atoms with Crippen LogP contribution in [-0.4, -0.2) is 53.0 Å². The largest absolute Gasteiger partial charge is 0.472 e. The Morgan fingerprint density at radius 3 is 2.71 bits per heavy atom. The van der Waals surface area contributed by atoms with Crippen LogP contribution in [0.4, 0.5) is 4.79 Å². The van der Waals surface area contributed by atoms with Crippen molar-refractivity contribution in [1.29, 1.82) is 0 Å². The summed E-state index contributed by atoms with van der Waals surface area (Å²) in [5.41, 5.74) is -0.643. The molecule has 132 valence electrons. The van der Waals surface area contributed by atoms with Gasteiger partial charge in [0.2, 0.25) is 5.88 Å². The number of amides is 1. The van der Waals surface area contributed by atoms with Gasteiger partial charge in [0.25, 0.3) is 0 Å². The Hall–Kier alpha value is -1.82. The quantitative estimate of drug-likeness (QED) is 0.832. The first kappa shape index (κ1) is 17.0. The molecular formula is C18H26N2O4. The second-order valence-corrected chi connectivity index (χ2v) is 7.57. The van der Waals surface area contributed by atoms with Gasteiger partial charge in [0.05, 0.1) is 12.2 Å². The van der Waals surface area contributed by atoms with Gasteiger partial charge in [0, 0.05) is 31.8 Å². The highest BCUT2D eigenvalue weighted by Gasteiger charge is 2.44. The molecule has 1 amide bonds.